The maximum Gasteiger partial charge on any atom is 0.227 e. The van der Waals surface area contributed by atoms with Crippen molar-refractivity contribution in [1.29, 1.82) is 0 Å². The van der Waals surface area contributed by atoms with Crippen LogP contribution in [-0.2, 0) is 9.53 Å². The van der Waals surface area contributed by atoms with Crippen LogP contribution in [0, 0.1) is 6.92 Å². The molecule has 0 saturated carbocycles. The summed E-state index contributed by atoms with van der Waals surface area (Å²) < 4.78 is 5.82. The highest BCUT2D eigenvalue weighted by molar-refractivity contribution is 6.31. The summed E-state index contributed by atoms with van der Waals surface area (Å²) in [7, 11) is 0. The SMILES string of the molecule is Cc1cc(N2CCCOC[C@H]2c2cc(NC(=O)CC(C)(C)O)ccc2Cl)nc(N)n1. The van der Waals surface area contributed by atoms with Gasteiger partial charge in [-0.05, 0) is 51.0 Å². The number of ether oxygens (including phenoxy) is 1. The molecule has 1 saturated heterocycles. The number of aliphatic hydroxyl groups is 1. The average Bonchev–Trinajstić information content (AvgIpc) is 2.87. The summed E-state index contributed by atoms with van der Waals surface area (Å²) in [6, 6.07) is 7.01. The highest BCUT2D eigenvalue weighted by Crippen LogP contribution is 2.34. The van der Waals surface area contributed by atoms with Crippen molar-refractivity contribution in [1.82, 2.24) is 9.97 Å². The molecule has 8 nitrogen and oxygen atoms in total. The molecule has 1 fully saturated rings. The van der Waals surface area contributed by atoms with Crippen molar-refractivity contribution in [3.8, 4) is 0 Å². The minimum absolute atomic E-state index is 0.0108. The molecule has 162 valence electrons. The molecule has 9 heteroatoms. The molecule has 0 aliphatic carbocycles. The Morgan fingerprint density at radius 2 is 2.17 bits per heavy atom. The first kappa shape index (κ1) is 22.3. The fraction of sp³-hybridized carbons (Fsp3) is 0.476. The largest absolute Gasteiger partial charge is 0.390 e. The number of hydrogen-bond acceptors (Lipinski definition) is 7. The van der Waals surface area contributed by atoms with Crippen LogP contribution in [0.15, 0.2) is 24.3 Å². The monoisotopic (exact) mass is 433 g/mol. The summed E-state index contributed by atoms with van der Waals surface area (Å²) in [6.07, 6.45) is 0.822. The number of carbonyl (C=O) groups excluding carboxylic acids is 1. The number of amides is 1. The number of aryl methyl sites for hydroxylation is 1. The molecule has 0 spiro atoms. The number of anilines is 3. The summed E-state index contributed by atoms with van der Waals surface area (Å²) in [5.74, 6) is 0.652. The number of nitrogen functional groups attached to an aromatic ring is 1. The molecule has 0 bridgehead atoms. The van der Waals surface area contributed by atoms with Gasteiger partial charge in [0.1, 0.15) is 5.82 Å². The molecule has 1 aromatic heterocycles. The first-order valence-electron chi connectivity index (χ1n) is 9.89. The van der Waals surface area contributed by atoms with Crippen LogP contribution in [0.3, 0.4) is 0 Å². The topological polar surface area (TPSA) is 114 Å². The second kappa shape index (κ2) is 9.16. The van der Waals surface area contributed by atoms with Crippen LogP contribution < -0.4 is 16.0 Å². The molecule has 3 rings (SSSR count). The Kier molecular flexibility index (Phi) is 6.80. The molecule has 0 unspecified atom stereocenters. The van der Waals surface area contributed by atoms with Gasteiger partial charge in [-0.15, -0.1) is 0 Å². The summed E-state index contributed by atoms with van der Waals surface area (Å²) in [5.41, 5.74) is 6.98. The van der Waals surface area contributed by atoms with E-state index in [0.717, 1.165) is 17.7 Å². The number of benzene rings is 1. The van der Waals surface area contributed by atoms with E-state index in [1.54, 1.807) is 26.0 Å². The minimum Gasteiger partial charge on any atom is -0.390 e. The lowest BCUT2D eigenvalue weighted by Crippen LogP contribution is -2.32. The normalized spacial score (nSPS) is 17.5. The Morgan fingerprint density at radius 3 is 2.87 bits per heavy atom. The van der Waals surface area contributed by atoms with E-state index >= 15 is 0 Å². The van der Waals surface area contributed by atoms with E-state index in [4.69, 9.17) is 22.1 Å². The average molecular weight is 434 g/mol. The lowest BCUT2D eigenvalue weighted by molar-refractivity contribution is -0.119. The number of carbonyl (C=O) groups is 1. The van der Waals surface area contributed by atoms with E-state index < -0.39 is 5.60 Å². The van der Waals surface area contributed by atoms with Gasteiger partial charge in [-0.25, -0.2) is 4.98 Å². The van der Waals surface area contributed by atoms with Gasteiger partial charge in [0, 0.05) is 35.6 Å². The molecule has 1 aromatic carbocycles. The molecule has 0 radical (unpaired) electrons. The second-order valence-corrected chi connectivity index (χ2v) is 8.54. The predicted molar refractivity (Wildman–Crippen MR) is 118 cm³/mol. The van der Waals surface area contributed by atoms with Gasteiger partial charge >= 0.3 is 0 Å². The van der Waals surface area contributed by atoms with E-state index in [1.807, 2.05) is 19.1 Å². The number of hydrogen-bond donors (Lipinski definition) is 3. The van der Waals surface area contributed by atoms with Crippen molar-refractivity contribution < 1.29 is 14.6 Å². The van der Waals surface area contributed by atoms with Gasteiger partial charge in [-0.3, -0.25) is 4.79 Å². The third-order valence-corrected chi connectivity index (χ3v) is 5.07. The molecule has 1 aliphatic rings. The summed E-state index contributed by atoms with van der Waals surface area (Å²) in [6.45, 7) is 6.82. The predicted octanol–water partition coefficient (Wildman–Crippen LogP) is 3.09. The third kappa shape index (κ3) is 5.81. The molecular formula is C21H28ClN5O3. The van der Waals surface area contributed by atoms with E-state index in [2.05, 4.69) is 20.2 Å². The van der Waals surface area contributed by atoms with Gasteiger partial charge in [0.25, 0.3) is 0 Å². The van der Waals surface area contributed by atoms with Gasteiger partial charge in [-0.1, -0.05) is 11.6 Å². The molecule has 1 atom stereocenters. The Morgan fingerprint density at radius 1 is 1.40 bits per heavy atom. The standard InChI is InChI=1S/C21H28ClN5O3/c1-13-9-18(26-20(23)24-13)27-7-4-8-30-12-17(27)15-10-14(5-6-16(15)22)25-19(28)11-21(2,3)29/h5-6,9-10,17,29H,4,7-8,11-12H2,1-3H3,(H,25,28)(H2,23,24,26)/t17-/m0/s1. The van der Waals surface area contributed by atoms with Crippen LogP contribution in [0.25, 0.3) is 0 Å². The Balaban J connectivity index is 1.93. The van der Waals surface area contributed by atoms with Crippen molar-refractivity contribution in [3.05, 3.63) is 40.5 Å². The number of rotatable bonds is 5. The smallest absolute Gasteiger partial charge is 0.227 e. The van der Waals surface area contributed by atoms with Crippen LogP contribution >= 0.6 is 11.6 Å². The molecule has 2 heterocycles. The van der Waals surface area contributed by atoms with E-state index in [0.29, 0.717) is 36.3 Å². The first-order chi connectivity index (χ1) is 14.1. The summed E-state index contributed by atoms with van der Waals surface area (Å²) in [4.78, 5) is 22.9. The lowest BCUT2D eigenvalue weighted by atomic mass is 10.0. The zero-order chi connectivity index (χ0) is 21.9. The second-order valence-electron chi connectivity index (χ2n) is 8.14. The van der Waals surface area contributed by atoms with Crippen molar-refractivity contribution in [2.75, 3.05) is 35.7 Å². The molecule has 30 heavy (non-hydrogen) atoms. The van der Waals surface area contributed by atoms with Crippen molar-refractivity contribution in [2.45, 2.75) is 45.3 Å². The van der Waals surface area contributed by atoms with Gasteiger partial charge in [-0.2, -0.15) is 4.98 Å². The Bertz CT molecular complexity index is 896. The number of nitrogens with two attached hydrogens (primary N) is 1. The van der Waals surface area contributed by atoms with E-state index in [1.165, 1.54) is 0 Å². The third-order valence-electron chi connectivity index (χ3n) is 4.72. The summed E-state index contributed by atoms with van der Waals surface area (Å²) in [5, 5.41) is 13.3. The van der Waals surface area contributed by atoms with Gasteiger partial charge in [0.15, 0.2) is 0 Å². The van der Waals surface area contributed by atoms with Crippen LogP contribution in [0.4, 0.5) is 17.5 Å². The van der Waals surface area contributed by atoms with E-state index in [-0.39, 0.29) is 24.3 Å². The quantitative estimate of drug-likeness (QED) is 0.663. The van der Waals surface area contributed by atoms with Crippen LogP contribution in [0.2, 0.25) is 5.02 Å². The maximum absolute atomic E-state index is 12.2. The maximum atomic E-state index is 12.2. The molecule has 1 aliphatic heterocycles. The Hall–Kier alpha value is -2.42. The molecule has 2 aromatic rings. The lowest BCUT2D eigenvalue weighted by Gasteiger charge is -2.31. The van der Waals surface area contributed by atoms with Gasteiger partial charge in [0.2, 0.25) is 11.9 Å². The zero-order valence-electron chi connectivity index (χ0n) is 17.5. The van der Waals surface area contributed by atoms with Crippen molar-refractivity contribution in [3.63, 3.8) is 0 Å². The van der Waals surface area contributed by atoms with Gasteiger partial charge < -0.3 is 25.8 Å². The van der Waals surface area contributed by atoms with Crippen molar-refractivity contribution >= 4 is 35.0 Å². The van der Waals surface area contributed by atoms with Crippen molar-refractivity contribution in [2.24, 2.45) is 0 Å². The highest BCUT2D eigenvalue weighted by atomic mass is 35.5. The fourth-order valence-electron chi connectivity index (χ4n) is 3.51. The number of nitrogens with zero attached hydrogens (tertiary/aromatic N) is 3. The number of aromatic nitrogens is 2. The molecular weight excluding hydrogens is 406 g/mol. The van der Waals surface area contributed by atoms with Crippen LogP contribution in [0.1, 0.15) is 44.0 Å². The van der Waals surface area contributed by atoms with Crippen LogP contribution in [0.5, 0.6) is 0 Å². The van der Waals surface area contributed by atoms with E-state index in [9.17, 15) is 9.90 Å². The first-order valence-corrected chi connectivity index (χ1v) is 10.3. The number of nitrogens with one attached hydrogen (secondary N) is 1. The zero-order valence-corrected chi connectivity index (χ0v) is 18.2. The minimum atomic E-state index is -1.09. The Labute approximate surface area is 181 Å². The highest BCUT2D eigenvalue weighted by Gasteiger charge is 2.27. The number of halogens is 1. The fourth-order valence-corrected chi connectivity index (χ4v) is 3.75. The van der Waals surface area contributed by atoms with Gasteiger partial charge in [0.05, 0.1) is 24.7 Å². The molecule has 1 amide bonds. The van der Waals surface area contributed by atoms with Crippen LogP contribution in [-0.4, -0.2) is 46.3 Å². The molecule has 4 N–H and O–H groups in total. The summed E-state index contributed by atoms with van der Waals surface area (Å²) >= 11 is 6.55.